The normalized spacial score (nSPS) is 28.2. The van der Waals surface area contributed by atoms with Gasteiger partial charge in [-0.15, -0.1) is 0 Å². The van der Waals surface area contributed by atoms with Crippen LogP contribution in [-0.4, -0.2) is 140 Å². The van der Waals surface area contributed by atoms with Gasteiger partial charge in [0.1, 0.15) is 23.4 Å². The van der Waals surface area contributed by atoms with Gasteiger partial charge in [-0.1, -0.05) is 73.6 Å². The van der Waals surface area contributed by atoms with Gasteiger partial charge in [-0.2, -0.15) is 0 Å². The van der Waals surface area contributed by atoms with Crippen LogP contribution in [-0.2, 0) is 52.2 Å². The third kappa shape index (κ3) is 11.4. The topological polar surface area (TPSA) is 335 Å². The van der Waals surface area contributed by atoms with Crippen molar-refractivity contribution in [3.05, 3.63) is 120 Å². The number of aliphatic imine (C=N–C) groups is 1. The van der Waals surface area contributed by atoms with Crippen molar-refractivity contribution in [3.8, 4) is 29.1 Å². The van der Waals surface area contributed by atoms with Crippen molar-refractivity contribution in [3.63, 3.8) is 0 Å². The number of nitrogens with zero attached hydrogens (tertiary/aromatic N) is 1. The Bertz CT molecular complexity index is 3490. The van der Waals surface area contributed by atoms with Crippen LogP contribution in [0, 0.1) is 23.7 Å². The van der Waals surface area contributed by atoms with Gasteiger partial charge in [0.25, 0.3) is 0 Å². The summed E-state index contributed by atoms with van der Waals surface area (Å²) in [6.07, 6.45) is 3.07. The van der Waals surface area contributed by atoms with Crippen molar-refractivity contribution >= 4 is 41.9 Å². The smallest absolute Gasteiger partial charge is 0.308 e. The molecule has 4 bridgehead atoms. The number of benzene rings is 4. The van der Waals surface area contributed by atoms with Gasteiger partial charge in [0.15, 0.2) is 29.9 Å². The average molecular weight is 1180 g/mol. The fraction of sp³-hybridized carbons (Fsp3) is 0.500. The highest BCUT2D eigenvalue weighted by Crippen LogP contribution is 2.55. The van der Waals surface area contributed by atoms with Crippen LogP contribution in [0.4, 0.5) is 0 Å². The molecule has 7 aliphatic rings. The number of aliphatic hydroxyl groups is 6. The van der Waals surface area contributed by atoms with Crippen molar-refractivity contribution in [2.75, 3.05) is 20.2 Å². The molecule has 10 unspecified atom stereocenters. The summed E-state index contributed by atoms with van der Waals surface area (Å²) >= 11 is 0. The number of phenols is 1. The molecule has 86 heavy (non-hydrogen) atoms. The number of rotatable bonds is 12. The Morgan fingerprint density at radius 3 is 2.50 bits per heavy atom. The van der Waals surface area contributed by atoms with Crippen LogP contribution in [0.5, 0.6) is 17.2 Å². The fourth-order valence-electron chi connectivity index (χ4n) is 14.9. The Labute approximate surface area is 499 Å². The van der Waals surface area contributed by atoms with Crippen LogP contribution < -0.4 is 31.6 Å². The molecule has 20 nitrogen and oxygen atoms in total. The Hall–Kier alpha value is -6.87. The standard InChI is InChI=1S/C66H77N5O15/c1-34-60(79)66(81,82)61(83-33-44-29-64(71-63(68)70-44)21-5-4-6-22-64)62(84-34)86-59-47-12-8-11-43(67)18-19-45(75)25-37-10-7-9-36(23-37)13-20-46-50(85-35(2)74)27-41(31-72)51-52(46)58(78)53(47)54(57(51)77)56(76)48(59)26-40-15-14-39-16-17-42-24-38(30-69-3)28-65(42,80)55(39)49(40)32-73/h7,9-10,13-15,20,23,27,32,34,38,42-45,60-62,69,72,75-76,79-82H,4-6,12,16-19,21-22,24-26,28-31,33,67H2,1-3H3,(H3,68,70,71). The second kappa shape index (κ2) is 24.4. The number of aliphatic hydroxyl groups excluding tert-OH is 3. The van der Waals surface area contributed by atoms with Crippen molar-refractivity contribution in [2.45, 2.75) is 176 Å². The number of nitrogens with two attached hydrogens (primary N) is 2. The van der Waals surface area contributed by atoms with E-state index in [0.717, 1.165) is 50.2 Å². The van der Waals surface area contributed by atoms with Gasteiger partial charge in [0.2, 0.25) is 12.1 Å². The van der Waals surface area contributed by atoms with E-state index in [1.165, 1.54) is 19.1 Å². The van der Waals surface area contributed by atoms with Gasteiger partial charge in [0.05, 0.1) is 48.7 Å². The summed E-state index contributed by atoms with van der Waals surface area (Å²) in [7, 11) is 1.85. The van der Waals surface area contributed by atoms with Crippen molar-refractivity contribution < 1.29 is 73.9 Å². The summed E-state index contributed by atoms with van der Waals surface area (Å²) in [6, 6.07) is 10.6. The third-order valence-electron chi connectivity index (χ3n) is 18.8. The van der Waals surface area contributed by atoms with Gasteiger partial charge in [-0.3, -0.25) is 19.2 Å². The van der Waals surface area contributed by atoms with E-state index in [0.29, 0.717) is 56.1 Å². The fourth-order valence-corrected chi connectivity index (χ4v) is 14.9. The van der Waals surface area contributed by atoms with Crippen LogP contribution in [0.15, 0.2) is 47.5 Å². The molecule has 1 saturated heterocycles. The Kier molecular flexibility index (Phi) is 17.2. The second-order valence-electron chi connectivity index (χ2n) is 24.7. The summed E-state index contributed by atoms with van der Waals surface area (Å²) < 4.78 is 25.5. The van der Waals surface area contributed by atoms with E-state index in [4.69, 9.17) is 30.4 Å². The molecule has 13 N–H and O–H groups in total. The molecule has 1 spiro atoms. The van der Waals surface area contributed by atoms with E-state index in [-0.39, 0.29) is 105 Å². The lowest BCUT2D eigenvalue weighted by molar-refractivity contribution is -0.379. The van der Waals surface area contributed by atoms with Crippen LogP contribution in [0.3, 0.4) is 0 Å². The molecular weight excluding hydrogens is 1100 g/mol. The first-order chi connectivity index (χ1) is 41.2. The van der Waals surface area contributed by atoms with E-state index in [2.05, 4.69) is 27.5 Å². The molecule has 4 aromatic carbocycles. The van der Waals surface area contributed by atoms with Gasteiger partial charge in [0, 0.05) is 64.2 Å². The van der Waals surface area contributed by atoms with Gasteiger partial charge >= 0.3 is 5.97 Å². The number of nitrogens with one attached hydrogen (secondary N) is 2. The number of fused-ring (bicyclic) bond motifs is 5. The van der Waals surface area contributed by atoms with Crippen LogP contribution in [0.25, 0.3) is 12.2 Å². The van der Waals surface area contributed by atoms with Crippen LogP contribution in [0.1, 0.15) is 177 Å². The summed E-state index contributed by atoms with van der Waals surface area (Å²) in [4.78, 5) is 63.4. The molecular formula is C66H77N5O15. The van der Waals surface area contributed by atoms with E-state index in [1.54, 1.807) is 24.3 Å². The van der Waals surface area contributed by atoms with E-state index >= 15 is 9.59 Å². The molecule has 456 valence electrons. The molecule has 4 aromatic rings. The van der Waals surface area contributed by atoms with Gasteiger partial charge < -0.3 is 76.8 Å². The largest absolute Gasteiger partial charge is 0.507 e. The lowest BCUT2D eigenvalue weighted by Gasteiger charge is -2.47. The first kappa shape index (κ1) is 60.8. The van der Waals surface area contributed by atoms with Crippen molar-refractivity contribution in [2.24, 2.45) is 28.3 Å². The van der Waals surface area contributed by atoms with Crippen LogP contribution >= 0.6 is 0 Å². The van der Waals surface area contributed by atoms with Gasteiger partial charge in [-0.05, 0) is 142 Å². The maximum atomic E-state index is 16.2. The number of aryl methyl sites for hydroxylation is 1. The summed E-state index contributed by atoms with van der Waals surface area (Å²) in [5.74, 6) is -0.791. The van der Waals surface area contributed by atoms with Crippen molar-refractivity contribution in [1.29, 1.82) is 0 Å². The molecule has 0 radical (unpaired) electrons. The number of hydrogen-bond acceptors (Lipinski definition) is 20. The number of carbonyl (C=O) groups is 4. The van der Waals surface area contributed by atoms with E-state index in [1.807, 2.05) is 25.2 Å². The van der Waals surface area contributed by atoms with Gasteiger partial charge in [-0.25, -0.2) is 4.99 Å². The Morgan fingerprint density at radius 1 is 0.977 bits per heavy atom. The molecule has 0 aromatic heterocycles. The predicted octanol–water partition coefficient (Wildman–Crippen LogP) is 4.04. The van der Waals surface area contributed by atoms with Crippen molar-refractivity contribution in [1.82, 2.24) is 10.6 Å². The highest BCUT2D eigenvalue weighted by Gasteiger charge is 2.57. The highest BCUT2D eigenvalue weighted by molar-refractivity contribution is 6.32. The summed E-state index contributed by atoms with van der Waals surface area (Å²) in [5, 5.41) is 90.7. The lowest BCUT2D eigenvalue weighted by Crippen LogP contribution is -2.68. The third-order valence-corrected chi connectivity index (χ3v) is 18.8. The summed E-state index contributed by atoms with van der Waals surface area (Å²) in [6.45, 7) is 2.08. The number of carbonyl (C=O) groups excluding carboxylic acids is 4. The maximum Gasteiger partial charge on any atom is 0.308 e. The van der Waals surface area contributed by atoms with Crippen LogP contribution in [0.2, 0.25) is 0 Å². The molecule has 11 rings (SSSR count). The zero-order valence-corrected chi connectivity index (χ0v) is 48.7. The molecule has 0 amide bonds. The first-order valence-corrected chi connectivity index (χ1v) is 30.0. The monoisotopic (exact) mass is 1180 g/mol. The Morgan fingerprint density at radius 2 is 1.76 bits per heavy atom. The molecule has 2 aliphatic heterocycles. The zero-order chi connectivity index (χ0) is 61.0. The SMILES string of the molecule is CNCC1CC2CCc3ccc(Cc4c(O)c5c6c(c4OC4OC(C)C(O)C(O)(O)C4OCC4CC7(CCCCC7)NC(N)=N4)CC#CC(N)CCC(O)Cc4cccc(c4)C=Cc4c(OC(C)=O)cc(CO)c(c4C6=O)C5=O)c(C=O)c3C2(O)C1. The molecule has 20 heteroatoms. The molecule has 2 heterocycles. The lowest BCUT2D eigenvalue weighted by atomic mass is 9.70. The minimum Gasteiger partial charge on any atom is -0.507 e. The summed E-state index contributed by atoms with van der Waals surface area (Å²) in [5.41, 5.74) is 12.3. The first-order valence-electron chi connectivity index (χ1n) is 30.0. The maximum absolute atomic E-state index is 16.2. The number of ether oxygens (including phenoxy) is 4. The van der Waals surface area contributed by atoms with E-state index in [9.17, 15) is 45.3 Å². The number of ketones is 2. The molecule has 2 saturated carbocycles. The quantitative estimate of drug-likeness (QED) is 0.0276. The molecule has 3 fully saturated rings. The molecule has 10 atom stereocenters. The number of aromatic hydroxyl groups is 1. The highest BCUT2D eigenvalue weighted by atomic mass is 16.7. The number of esters is 1. The zero-order valence-electron chi connectivity index (χ0n) is 48.7. The predicted molar refractivity (Wildman–Crippen MR) is 316 cm³/mol. The Balaban J connectivity index is 1.14. The molecule has 5 aliphatic carbocycles. The minimum atomic E-state index is -3.11. The minimum absolute atomic E-state index is 0.0358. The number of guanidine groups is 1. The van der Waals surface area contributed by atoms with E-state index < -0.39 is 108 Å². The number of phenolic OH excluding ortho intramolecular Hbond substituents is 1. The number of hydrogen-bond donors (Lipinski definition) is 11. The average Bonchev–Trinajstić information content (AvgIpc) is 0.881. The second-order valence-corrected chi connectivity index (χ2v) is 24.7. The number of aldehydes is 1.